The molecule has 1 rings (SSSR count). The summed E-state index contributed by atoms with van der Waals surface area (Å²) in [5.41, 5.74) is 0. The van der Waals surface area contributed by atoms with Crippen LogP contribution < -0.4 is 5.32 Å². The molecule has 0 aromatic rings. The molecule has 15 heavy (non-hydrogen) atoms. The van der Waals surface area contributed by atoms with Crippen LogP contribution in [0.3, 0.4) is 0 Å². The van der Waals surface area contributed by atoms with E-state index in [0.717, 1.165) is 44.1 Å². The first-order chi connectivity index (χ1) is 7.27. The number of rotatable bonds is 7. The summed E-state index contributed by atoms with van der Waals surface area (Å²) in [5.74, 6) is 2.11. The Morgan fingerprint density at radius 3 is 2.87 bits per heavy atom. The number of ether oxygens (including phenoxy) is 1. The third-order valence-electron chi connectivity index (χ3n) is 2.88. The van der Waals surface area contributed by atoms with E-state index in [0.29, 0.717) is 12.0 Å². The highest BCUT2D eigenvalue weighted by molar-refractivity contribution is 7.84. The van der Waals surface area contributed by atoms with E-state index < -0.39 is 10.8 Å². The van der Waals surface area contributed by atoms with Gasteiger partial charge in [0.15, 0.2) is 0 Å². The minimum Gasteiger partial charge on any atom is -0.381 e. The molecule has 3 atom stereocenters. The van der Waals surface area contributed by atoms with Crippen molar-refractivity contribution in [2.75, 3.05) is 31.3 Å². The molecule has 1 fully saturated rings. The van der Waals surface area contributed by atoms with Crippen LogP contribution in [-0.2, 0) is 15.5 Å². The lowest BCUT2D eigenvalue weighted by Gasteiger charge is -2.23. The van der Waals surface area contributed by atoms with Crippen LogP contribution >= 0.6 is 0 Å². The second-order valence-electron chi connectivity index (χ2n) is 4.08. The zero-order valence-corrected chi connectivity index (χ0v) is 10.6. The van der Waals surface area contributed by atoms with Gasteiger partial charge in [-0.15, -0.1) is 0 Å². The Balaban J connectivity index is 2.40. The van der Waals surface area contributed by atoms with Gasteiger partial charge in [-0.05, 0) is 19.4 Å². The summed E-state index contributed by atoms with van der Waals surface area (Å²) in [6, 6.07) is 0.383. The van der Waals surface area contributed by atoms with Gasteiger partial charge in [-0.3, -0.25) is 4.21 Å². The van der Waals surface area contributed by atoms with E-state index in [1.807, 2.05) is 6.92 Å². The molecular weight excluding hydrogens is 210 g/mol. The van der Waals surface area contributed by atoms with E-state index in [4.69, 9.17) is 4.74 Å². The van der Waals surface area contributed by atoms with Crippen molar-refractivity contribution in [3.05, 3.63) is 0 Å². The lowest BCUT2D eigenvalue weighted by Crippen LogP contribution is -2.41. The van der Waals surface area contributed by atoms with Gasteiger partial charge in [0.2, 0.25) is 0 Å². The van der Waals surface area contributed by atoms with E-state index in [9.17, 15) is 4.21 Å². The zero-order valence-electron chi connectivity index (χ0n) is 9.83. The summed E-state index contributed by atoms with van der Waals surface area (Å²) < 4.78 is 17.0. The van der Waals surface area contributed by atoms with Crippen LogP contribution in [0.1, 0.15) is 26.7 Å². The Bertz CT molecular complexity index is 193. The Kier molecular flexibility index (Phi) is 6.45. The Labute approximate surface area is 95.4 Å². The molecular formula is C11H23NO2S. The normalized spacial score (nSPS) is 25.3. The highest BCUT2D eigenvalue weighted by Crippen LogP contribution is 2.17. The average molecular weight is 233 g/mol. The number of hydrogen-bond donors (Lipinski definition) is 1. The third-order valence-corrected chi connectivity index (χ3v) is 4.25. The van der Waals surface area contributed by atoms with E-state index in [1.165, 1.54) is 0 Å². The summed E-state index contributed by atoms with van der Waals surface area (Å²) in [7, 11) is -0.675. The van der Waals surface area contributed by atoms with Gasteiger partial charge in [0.05, 0.1) is 6.61 Å². The maximum Gasteiger partial charge on any atom is 0.0510 e. The summed E-state index contributed by atoms with van der Waals surface area (Å²) in [5, 5.41) is 3.50. The lowest BCUT2D eigenvalue weighted by atomic mass is 10.0. The zero-order chi connectivity index (χ0) is 11.1. The van der Waals surface area contributed by atoms with Crippen molar-refractivity contribution in [1.82, 2.24) is 5.32 Å². The first-order valence-corrected chi connectivity index (χ1v) is 7.42. The van der Waals surface area contributed by atoms with Crippen LogP contribution in [0, 0.1) is 5.92 Å². The minimum absolute atomic E-state index is 0.383. The van der Waals surface area contributed by atoms with E-state index in [-0.39, 0.29) is 0 Å². The fourth-order valence-corrected chi connectivity index (χ4v) is 2.91. The lowest BCUT2D eigenvalue weighted by molar-refractivity contribution is 0.179. The molecule has 1 N–H and O–H groups in total. The van der Waals surface area contributed by atoms with Gasteiger partial charge in [-0.25, -0.2) is 0 Å². The molecule has 0 aromatic carbocycles. The smallest absolute Gasteiger partial charge is 0.0510 e. The Hall–Kier alpha value is 0.0700. The van der Waals surface area contributed by atoms with Gasteiger partial charge < -0.3 is 10.1 Å². The molecule has 0 bridgehead atoms. The van der Waals surface area contributed by atoms with Gasteiger partial charge in [0.25, 0.3) is 0 Å². The summed E-state index contributed by atoms with van der Waals surface area (Å²) in [4.78, 5) is 0. The van der Waals surface area contributed by atoms with Crippen molar-refractivity contribution in [2.24, 2.45) is 5.92 Å². The minimum atomic E-state index is -0.675. The Morgan fingerprint density at radius 2 is 2.33 bits per heavy atom. The van der Waals surface area contributed by atoms with Crippen LogP contribution in [0.25, 0.3) is 0 Å². The summed E-state index contributed by atoms with van der Waals surface area (Å²) >= 11 is 0. The molecule has 3 unspecified atom stereocenters. The van der Waals surface area contributed by atoms with Crippen LogP contribution in [-0.4, -0.2) is 41.5 Å². The largest absolute Gasteiger partial charge is 0.381 e. The van der Waals surface area contributed by atoms with Gasteiger partial charge in [0, 0.05) is 40.9 Å². The fourth-order valence-electron chi connectivity index (χ4n) is 1.88. The predicted octanol–water partition coefficient (Wildman–Crippen LogP) is 1.16. The second kappa shape index (κ2) is 7.36. The van der Waals surface area contributed by atoms with Gasteiger partial charge in [0.1, 0.15) is 0 Å². The van der Waals surface area contributed by atoms with Crippen molar-refractivity contribution >= 4 is 10.8 Å². The Morgan fingerprint density at radius 1 is 1.53 bits per heavy atom. The highest BCUT2D eigenvalue weighted by atomic mass is 32.2. The van der Waals surface area contributed by atoms with Crippen LogP contribution in [0.5, 0.6) is 0 Å². The molecule has 0 radical (unpaired) electrons. The molecule has 0 amide bonds. The molecule has 1 aliphatic heterocycles. The molecule has 1 saturated heterocycles. The van der Waals surface area contributed by atoms with Gasteiger partial charge in [-0.1, -0.05) is 13.8 Å². The van der Waals surface area contributed by atoms with Crippen LogP contribution in [0.15, 0.2) is 0 Å². The molecule has 4 heteroatoms. The van der Waals surface area contributed by atoms with E-state index in [1.54, 1.807) is 0 Å². The molecule has 0 spiro atoms. The van der Waals surface area contributed by atoms with Crippen LogP contribution in [0.4, 0.5) is 0 Å². The first kappa shape index (κ1) is 13.1. The van der Waals surface area contributed by atoms with Crippen molar-refractivity contribution < 1.29 is 8.95 Å². The second-order valence-corrected chi connectivity index (χ2v) is 5.87. The maximum atomic E-state index is 11.6. The predicted molar refractivity (Wildman–Crippen MR) is 64.6 cm³/mol. The van der Waals surface area contributed by atoms with E-state index >= 15 is 0 Å². The van der Waals surface area contributed by atoms with Crippen molar-refractivity contribution in [1.29, 1.82) is 0 Å². The molecule has 0 aromatic heterocycles. The fraction of sp³-hybridized carbons (Fsp3) is 1.00. The molecule has 0 aliphatic carbocycles. The number of hydrogen-bond acceptors (Lipinski definition) is 3. The SMILES string of the molecule is CCCNC(CS(=O)CC)C1CCOC1. The molecule has 90 valence electrons. The first-order valence-electron chi connectivity index (χ1n) is 5.94. The third kappa shape index (κ3) is 4.62. The molecule has 0 saturated carbocycles. The standard InChI is InChI=1S/C11H23NO2S/c1-3-6-12-11(9-15(13)4-2)10-5-7-14-8-10/h10-12H,3-9H2,1-2H3. The average Bonchev–Trinajstić information content (AvgIpc) is 2.77. The van der Waals surface area contributed by atoms with Gasteiger partial charge in [-0.2, -0.15) is 0 Å². The highest BCUT2D eigenvalue weighted by Gasteiger charge is 2.26. The number of nitrogens with one attached hydrogen (secondary N) is 1. The molecule has 1 heterocycles. The van der Waals surface area contributed by atoms with Gasteiger partial charge >= 0.3 is 0 Å². The van der Waals surface area contributed by atoms with E-state index in [2.05, 4.69) is 12.2 Å². The van der Waals surface area contributed by atoms with Crippen molar-refractivity contribution in [3.8, 4) is 0 Å². The summed E-state index contributed by atoms with van der Waals surface area (Å²) in [6.07, 6.45) is 2.24. The van der Waals surface area contributed by atoms with Crippen molar-refractivity contribution in [2.45, 2.75) is 32.7 Å². The molecule has 3 nitrogen and oxygen atoms in total. The topological polar surface area (TPSA) is 38.3 Å². The summed E-state index contributed by atoms with van der Waals surface area (Å²) in [6.45, 7) is 6.86. The van der Waals surface area contributed by atoms with Crippen LogP contribution in [0.2, 0.25) is 0 Å². The maximum absolute atomic E-state index is 11.6. The quantitative estimate of drug-likeness (QED) is 0.717. The monoisotopic (exact) mass is 233 g/mol. The molecule has 1 aliphatic rings. The van der Waals surface area contributed by atoms with Crippen molar-refractivity contribution in [3.63, 3.8) is 0 Å².